The molecule has 1 aliphatic carbocycles. The minimum absolute atomic E-state index is 0.519. The number of carbonyl (C=O) groups is 1. The third-order valence-electron chi connectivity index (χ3n) is 2.51. The predicted octanol–water partition coefficient (Wildman–Crippen LogP) is 3.36. The van der Waals surface area contributed by atoms with Crippen LogP contribution in [0.25, 0.3) is 0 Å². The number of carbonyl (C=O) groups excluding carboxylic acids is 1. The van der Waals surface area contributed by atoms with Crippen LogP contribution in [0.3, 0.4) is 0 Å². The van der Waals surface area contributed by atoms with Crippen molar-refractivity contribution in [3.05, 3.63) is 0 Å². The summed E-state index contributed by atoms with van der Waals surface area (Å²) >= 11 is 4.69. The number of hydrogen-bond donors (Lipinski definition) is 0. The van der Waals surface area contributed by atoms with E-state index in [1.165, 1.54) is 0 Å². The number of alkyl halides is 3. The molecule has 76 valence electrons. The van der Waals surface area contributed by atoms with Gasteiger partial charge in [-0.3, -0.25) is 4.79 Å². The summed E-state index contributed by atoms with van der Waals surface area (Å²) < 4.78 is 24.9. The zero-order chi connectivity index (χ0) is 9.90. The third-order valence-corrected chi connectivity index (χ3v) is 2.69. The number of ketones is 1. The molecule has 0 bridgehead atoms. The van der Waals surface area contributed by atoms with Crippen LogP contribution in [-0.4, -0.2) is 11.2 Å². The minimum atomic E-state index is -3.66. The van der Waals surface area contributed by atoms with Crippen molar-refractivity contribution in [1.29, 1.82) is 0 Å². The highest BCUT2D eigenvalue weighted by Gasteiger charge is 2.40. The van der Waals surface area contributed by atoms with Crippen molar-refractivity contribution in [3.8, 4) is 0 Å². The van der Waals surface area contributed by atoms with Gasteiger partial charge in [-0.15, -0.1) is 0 Å². The molecular weight excluding hydrogens is 198 g/mol. The molecule has 13 heavy (non-hydrogen) atoms. The normalized spacial score (nSPS) is 21.2. The fourth-order valence-electron chi connectivity index (χ4n) is 1.77. The molecule has 1 rings (SSSR count). The standard InChI is InChI=1S/C9H13ClF2O/c10-9(11,12)8(13)7-5-3-1-2-4-6-7/h7H,1-6H2. The number of halogens is 3. The molecule has 0 atom stereocenters. The van der Waals surface area contributed by atoms with Crippen molar-refractivity contribution in [2.75, 3.05) is 0 Å². The van der Waals surface area contributed by atoms with E-state index in [1.807, 2.05) is 0 Å². The zero-order valence-electron chi connectivity index (χ0n) is 7.36. The first-order valence-corrected chi connectivity index (χ1v) is 5.00. The van der Waals surface area contributed by atoms with E-state index < -0.39 is 17.1 Å². The summed E-state index contributed by atoms with van der Waals surface area (Å²) in [6.07, 6.45) is 4.95. The highest BCUT2D eigenvalue weighted by molar-refractivity contribution is 6.32. The minimum Gasteiger partial charge on any atom is -0.291 e. The van der Waals surface area contributed by atoms with Crippen LogP contribution in [0.2, 0.25) is 0 Å². The molecule has 0 N–H and O–H groups in total. The maximum atomic E-state index is 12.4. The molecule has 1 fully saturated rings. The van der Waals surface area contributed by atoms with Crippen molar-refractivity contribution in [2.24, 2.45) is 5.92 Å². The second-order valence-electron chi connectivity index (χ2n) is 3.55. The SMILES string of the molecule is O=C(C1CCCCCC1)C(F)(F)Cl. The second kappa shape index (κ2) is 4.36. The highest BCUT2D eigenvalue weighted by Crippen LogP contribution is 2.31. The Morgan fingerprint density at radius 2 is 1.62 bits per heavy atom. The Kier molecular flexibility index (Phi) is 3.65. The quantitative estimate of drug-likeness (QED) is 0.505. The molecule has 4 heteroatoms. The molecule has 1 saturated carbocycles. The summed E-state index contributed by atoms with van der Waals surface area (Å²) in [5, 5.41) is -3.66. The Balaban J connectivity index is 2.54. The summed E-state index contributed by atoms with van der Waals surface area (Å²) in [6.45, 7) is 0. The van der Waals surface area contributed by atoms with E-state index in [9.17, 15) is 13.6 Å². The summed E-state index contributed by atoms with van der Waals surface area (Å²) in [6, 6.07) is 0. The van der Waals surface area contributed by atoms with Crippen molar-refractivity contribution >= 4 is 17.4 Å². The highest BCUT2D eigenvalue weighted by atomic mass is 35.5. The maximum absolute atomic E-state index is 12.4. The van der Waals surface area contributed by atoms with Gasteiger partial charge in [0, 0.05) is 5.92 Å². The Morgan fingerprint density at radius 1 is 1.15 bits per heavy atom. The molecule has 0 radical (unpaired) electrons. The average molecular weight is 211 g/mol. The van der Waals surface area contributed by atoms with Crippen molar-refractivity contribution < 1.29 is 13.6 Å². The van der Waals surface area contributed by atoms with E-state index in [0.29, 0.717) is 12.8 Å². The molecule has 0 aliphatic heterocycles. The van der Waals surface area contributed by atoms with Gasteiger partial charge in [0.25, 0.3) is 0 Å². The van der Waals surface area contributed by atoms with Crippen LogP contribution < -0.4 is 0 Å². The molecule has 0 spiro atoms. The maximum Gasteiger partial charge on any atom is 0.380 e. The molecule has 0 amide bonds. The first kappa shape index (κ1) is 10.9. The van der Waals surface area contributed by atoms with Crippen LogP contribution in [-0.2, 0) is 4.79 Å². The van der Waals surface area contributed by atoms with E-state index in [4.69, 9.17) is 0 Å². The molecule has 0 unspecified atom stereocenters. The summed E-state index contributed by atoms with van der Waals surface area (Å²) in [4.78, 5) is 11.1. The largest absolute Gasteiger partial charge is 0.380 e. The average Bonchev–Trinajstić information content (AvgIpc) is 2.28. The fourth-order valence-corrected chi connectivity index (χ4v) is 1.93. The molecule has 0 aromatic carbocycles. The number of rotatable bonds is 2. The Bertz CT molecular complexity index is 181. The van der Waals surface area contributed by atoms with E-state index in [2.05, 4.69) is 11.6 Å². The summed E-state index contributed by atoms with van der Waals surface area (Å²) in [7, 11) is 0. The second-order valence-corrected chi connectivity index (χ2v) is 4.03. The van der Waals surface area contributed by atoms with Gasteiger partial charge in [-0.05, 0) is 24.4 Å². The van der Waals surface area contributed by atoms with Crippen LogP contribution in [0.4, 0.5) is 8.78 Å². The Labute approximate surface area is 81.4 Å². The Morgan fingerprint density at radius 3 is 2.00 bits per heavy atom. The molecule has 1 nitrogen and oxygen atoms in total. The molecule has 1 aliphatic rings. The summed E-state index contributed by atoms with van der Waals surface area (Å²) in [5.41, 5.74) is 0. The van der Waals surface area contributed by atoms with Gasteiger partial charge in [0.05, 0.1) is 0 Å². The van der Waals surface area contributed by atoms with Gasteiger partial charge in [0.15, 0.2) is 0 Å². The molecule has 0 heterocycles. The van der Waals surface area contributed by atoms with Gasteiger partial charge in [0.2, 0.25) is 5.78 Å². The van der Waals surface area contributed by atoms with Gasteiger partial charge in [-0.1, -0.05) is 25.7 Å². The lowest BCUT2D eigenvalue weighted by atomic mass is 9.95. The van der Waals surface area contributed by atoms with Crippen molar-refractivity contribution in [1.82, 2.24) is 0 Å². The zero-order valence-corrected chi connectivity index (χ0v) is 8.12. The smallest absolute Gasteiger partial charge is 0.291 e. The fraction of sp³-hybridized carbons (Fsp3) is 0.889. The lowest BCUT2D eigenvalue weighted by molar-refractivity contribution is -0.138. The first-order chi connectivity index (χ1) is 6.02. The van der Waals surface area contributed by atoms with Gasteiger partial charge in [-0.25, -0.2) is 0 Å². The first-order valence-electron chi connectivity index (χ1n) is 4.63. The van der Waals surface area contributed by atoms with Crippen LogP contribution in [0, 0.1) is 5.92 Å². The third kappa shape index (κ3) is 3.22. The van der Waals surface area contributed by atoms with Crippen LogP contribution in [0.15, 0.2) is 0 Å². The Hall–Kier alpha value is -0.180. The molecule has 0 saturated heterocycles. The molecule has 0 aromatic heterocycles. The summed E-state index contributed by atoms with van der Waals surface area (Å²) in [5.74, 6) is -1.61. The van der Waals surface area contributed by atoms with Crippen molar-refractivity contribution in [3.63, 3.8) is 0 Å². The van der Waals surface area contributed by atoms with E-state index in [-0.39, 0.29) is 0 Å². The lowest BCUT2D eigenvalue weighted by Gasteiger charge is -2.15. The lowest BCUT2D eigenvalue weighted by Crippen LogP contribution is -2.29. The molecular formula is C9H13ClF2O. The number of Topliss-reactive ketones (excluding diaryl/α,β-unsaturated/α-hetero) is 1. The van der Waals surface area contributed by atoms with E-state index in [1.54, 1.807) is 0 Å². The number of hydrogen-bond acceptors (Lipinski definition) is 1. The predicted molar refractivity (Wildman–Crippen MR) is 47.0 cm³/mol. The topological polar surface area (TPSA) is 17.1 Å². The van der Waals surface area contributed by atoms with Crippen LogP contribution in [0.5, 0.6) is 0 Å². The van der Waals surface area contributed by atoms with Gasteiger partial charge in [-0.2, -0.15) is 8.78 Å². The van der Waals surface area contributed by atoms with Crippen molar-refractivity contribution in [2.45, 2.75) is 43.9 Å². The van der Waals surface area contributed by atoms with Gasteiger partial charge >= 0.3 is 5.38 Å². The van der Waals surface area contributed by atoms with Crippen LogP contribution in [0.1, 0.15) is 38.5 Å². The van der Waals surface area contributed by atoms with Crippen LogP contribution >= 0.6 is 11.6 Å². The monoisotopic (exact) mass is 210 g/mol. The van der Waals surface area contributed by atoms with Gasteiger partial charge in [0.1, 0.15) is 0 Å². The van der Waals surface area contributed by atoms with Gasteiger partial charge < -0.3 is 0 Å². The van der Waals surface area contributed by atoms with E-state index >= 15 is 0 Å². The van der Waals surface area contributed by atoms with E-state index in [0.717, 1.165) is 25.7 Å². The molecule has 0 aromatic rings.